The number of sulfonamides is 2. The van der Waals surface area contributed by atoms with E-state index in [1.807, 2.05) is 19.9 Å². The fraction of sp³-hybridized carbons (Fsp3) is 0.227. The number of anilines is 3. The molecule has 0 radical (unpaired) electrons. The van der Waals surface area contributed by atoms with Crippen LogP contribution in [-0.2, 0) is 24.8 Å². The molecule has 1 atom stereocenters. The van der Waals surface area contributed by atoms with Gasteiger partial charge in [-0.15, -0.1) is 0 Å². The van der Waals surface area contributed by atoms with E-state index in [-0.39, 0.29) is 10.8 Å². The monoisotopic (exact) mass is 503 g/mol. The van der Waals surface area contributed by atoms with E-state index >= 15 is 0 Å². The molecule has 2 aromatic carbocycles. The molecule has 0 spiro atoms. The van der Waals surface area contributed by atoms with Crippen molar-refractivity contribution in [1.82, 2.24) is 9.97 Å². The van der Waals surface area contributed by atoms with E-state index in [1.54, 1.807) is 18.2 Å². The predicted octanol–water partition coefficient (Wildman–Crippen LogP) is 2.69. The maximum Gasteiger partial charge on any atom is 0.264 e. The van der Waals surface area contributed by atoms with Gasteiger partial charge in [-0.05, 0) is 74.4 Å². The second-order valence-corrected chi connectivity index (χ2v) is 11.3. The summed E-state index contributed by atoms with van der Waals surface area (Å²) in [7, 11) is -7.70. The number of aryl methyl sites for hydroxylation is 2. The van der Waals surface area contributed by atoms with Gasteiger partial charge in [0.1, 0.15) is 6.04 Å². The van der Waals surface area contributed by atoms with Gasteiger partial charge in [-0.3, -0.25) is 9.10 Å². The lowest BCUT2D eigenvalue weighted by atomic mass is 10.1. The minimum absolute atomic E-state index is 0.0565. The van der Waals surface area contributed by atoms with Crippen molar-refractivity contribution in [1.29, 1.82) is 0 Å². The summed E-state index contributed by atoms with van der Waals surface area (Å²) in [5, 5.41) is 2.64. The molecule has 2 N–H and O–H groups in total. The van der Waals surface area contributed by atoms with Crippen LogP contribution in [0.25, 0.3) is 0 Å². The van der Waals surface area contributed by atoms with Crippen molar-refractivity contribution in [2.45, 2.75) is 31.7 Å². The summed E-state index contributed by atoms with van der Waals surface area (Å²) in [4.78, 5) is 20.5. The van der Waals surface area contributed by atoms with Crippen molar-refractivity contribution in [2.75, 3.05) is 20.6 Å². The maximum absolute atomic E-state index is 12.9. The Bertz CT molecular complexity index is 1370. The van der Waals surface area contributed by atoms with Crippen molar-refractivity contribution in [2.24, 2.45) is 0 Å². The predicted molar refractivity (Wildman–Crippen MR) is 131 cm³/mol. The number of nitrogens with one attached hydrogen (secondary N) is 2. The Morgan fingerprint density at radius 3 is 2.03 bits per heavy atom. The molecule has 0 fully saturated rings. The molecule has 0 unspecified atom stereocenters. The van der Waals surface area contributed by atoms with E-state index in [9.17, 15) is 21.6 Å². The summed E-state index contributed by atoms with van der Waals surface area (Å²) in [6, 6.07) is 11.2. The molecule has 0 aliphatic heterocycles. The molecule has 0 saturated carbocycles. The molecule has 0 bridgehead atoms. The number of amides is 1. The molecule has 12 heteroatoms. The molecule has 0 aliphatic rings. The van der Waals surface area contributed by atoms with E-state index in [2.05, 4.69) is 20.0 Å². The summed E-state index contributed by atoms with van der Waals surface area (Å²) in [6.07, 6.45) is 3.85. The van der Waals surface area contributed by atoms with Gasteiger partial charge in [0.2, 0.25) is 21.9 Å². The highest BCUT2D eigenvalue weighted by Gasteiger charge is 2.29. The van der Waals surface area contributed by atoms with Crippen LogP contribution in [0.3, 0.4) is 0 Å². The van der Waals surface area contributed by atoms with E-state index in [0.717, 1.165) is 21.7 Å². The Balaban J connectivity index is 1.78. The normalized spacial score (nSPS) is 12.6. The van der Waals surface area contributed by atoms with Crippen LogP contribution >= 0.6 is 0 Å². The highest BCUT2D eigenvalue weighted by molar-refractivity contribution is 7.92. The lowest BCUT2D eigenvalue weighted by Gasteiger charge is -2.28. The van der Waals surface area contributed by atoms with Crippen molar-refractivity contribution < 1.29 is 21.6 Å². The molecule has 3 rings (SSSR count). The Morgan fingerprint density at radius 2 is 1.50 bits per heavy atom. The first-order chi connectivity index (χ1) is 15.9. The average molecular weight is 504 g/mol. The van der Waals surface area contributed by atoms with Gasteiger partial charge in [0, 0.05) is 18.1 Å². The zero-order chi connectivity index (χ0) is 25.1. The quantitative estimate of drug-likeness (QED) is 0.482. The summed E-state index contributed by atoms with van der Waals surface area (Å²) < 4.78 is 53.4. The van der Waals surface area contributed by atoms with Crippen LogP contribution in [0.2, 0.25) is 0 Å². The van der Waals surface area contributed by atoms with Gasteiger partial charge in [-0.25, -0.2) is 31.5 Å². The molecule has 1 heterocycles. The highest BCUT2D eigenvalue weighted by atomic mass is 32.2. The highest BCUT2D eigenvalue weighted by Crippen LogP contribution is 2.25. The van der Waals surface area contributed by atoms with Gasteiger partial charge >= 0.3 is 0 Å². The number of nitrogens with zero attached hydrogens (tertiary/aromatic N) is 3. The van der Waals surface area contributed by atoms with Crippen molar-refractivity contribution >= 4 is 43.3 Å². The van der Waals surface area contributed by atoms with Crippen LogP contribution in [0.1, 0.15) is 18.1 Å². The fourth-order valence-electron chi connectivity index (χ4n) is 3.38. The molecule has 0 aliphatic carbocycles. The van der Waals surface area contributed by atoms with E-state index in [1.165, 1.54) is 43.6 Å². The zero-order valence-electron chi connectivity index (χ0n) is 19.1. The van der Waals surface area contributed by atoms with Crippen LogP contribution in [0.5, 0.6) is 0 Å². The van der Waals surface area contributed by atoms with E-state index in [4.69, 9.17) is 0 Å². The molecule has 0 saturated heterocycles. The van der Waals surface area contributed by atoms with E-state index in [0.29, 0.717) is 11.4 Å². The van der Waals surface area contributed by atoms with Gasteiger partial charge in [-0.2, -0.15) is 0 Å². The molecular formula is C22H25N5O5S2. The Morgan fingerprint density at radius 1 is 0.941 bits per heavy atom. The maximum atomic E-state index is 12.9. The molecule has 10 nitrogen and oxygen atoms in total. The lowest BCUT2D eigenvalue weighted by molar-refractivity contribution is -0.116. The Hall–Kier alpha value is -3.51. The van der Waals surface area contributed by atoms with Crippen LogP contribution in [0.4, 0.5) is 17.3 Å². The standard InChI is InChI=1S/C22H25N5O5S2/c1-15-12-16(2)14-19(13-15)27(33(4,29)30)17(3)21(28)25-18-6-8-20(9-7-18)34(31,32)26-22-23-10-5-11-24-22/h5-14,17H,1-4H3,(H,25,28)(H,23,24,26)/t17-/m0/s1. The van der Waals surface area contributed by atoms with Crippen LogP contribution in [0, 0.1) is 13.8 Å². The van der Waals surface area contributed by atoms with Gasteiger partial charge in [0.25, 0.3) is 10.0 Å². The third-order valence-electron chi connectivity index (χ3n) is 4.77. The van der Waals surface area contributed by atoms with Crippen molar-refractivity contribution in [3.05, 3.63) is 72.1 Å². The number of carbonyl (C=O) groups excluding carboxylic acids is 1. The lowest BCUT2D eigenvalue weighted by Crippen LogP contribution is -2.45. The van der Waals surface area contributed by atoms with Gasteiger partial charge < -0.3 is 5.32 Å². The zero-order valence-corrected chi connectivity index (χ0v) is 20.7. The largest absolute Gasteiger partial charge is 0.324 e. The topological polar surface area (TPSA) is 138 Å². The number of carbonyl (C=O) groups is 1. The Kier molecular flexibility index (Phi) is 7.22. The van der Waals surface area contributed by atoms with Crippen molar-refractivity contribution in [3.8, 4) is 0 Å². The summed E-state index contributed by atoms with van der Waals surface area (Å²) in [5.74, 6) is -0.642. The first-order valence-electron chi connectivity index (χ1n) is 10.2. The second kappa shape index (κ2) is 9.77. The average Bonchev–Trinajstić information content (AvgIpc) is 2.73. The molecule has 180 valence electrons. The number of rotatable bonds is 8. The number of aromatic nitrogens is 2. The molecular weight excluding hydrogens is 478 g/mol. The number of benzene rings is 2. The summed E-state index contributed by atoms with van der Waals surface area (Å²) in [6.45, 7) is 5.17. The van der Waals surface area contributed by atoms with Crippen LogP contribution < -0.4 is 14.3 Å². The smallest absolute Gasteiger partial charge is 0.264 e. The van der Waals surface area contributed by atoms with Gasteiger partial charge in [0.15, 0.2) is 0 Å². The third-order valence-corrected chi connectivity index (χ3v) is 7.36. The second-order valence-electron chi connectivity index (χ2n) is 7.77. The van der Waals surface area contributed by atoms with E-state index < -0.39 is 32.0 Å². The van der Waals surface area contributed by atoms with Crippen molar-refractivity contribution in [3.63, 3.8) is 0 Å². The fourth-order valence-corrected chi connectivity index (χ4v) is 5.50. The third kappa shape index (κ3) is 6.08. The molecule has 3 aromatic rings. The minimum Gasteiger partial charge on any atom is -0.324 e. The molecule has 1 amide bonds. The Labute approximate surface area is 199 Å². The van der Waals surface area contributed by atoms with Crippen LogP contribution in [0.15, 0.2) is 65.8 Å². The number of hydrogen-bond acceptors (Lipinski definition) is 7. The first-order valence-corrected chi connectivity index (χ1v) is 13.5. The van der Waals surface area contributed by atoms with Gasteiger partial charge in [0.05, 0.1) is 16.8 Å². The molecule has 34 heavy (non-hydrogen) atoms. The van der Waals surface area contributed by atoms with Crippen LogP contribution in [-0.4, -0.2) is 45.0 Å². The number of hydrogen-bond donors (Lipinski definition) is 2. The summed E-state index contributed by atoms with van der Waals surface area (Å²) in [5.41, 5.74) is 2.42. The summed E-state index contributed by atoms with van der Waals surface area (Å²) >= 11 is 0. The SMILES string of the molecule is Cc1cc(C)cc(N([C@@H](C)C(=O)Nc2ccc(S(=O)(=O)Nc3ncccn3)cc2)S(C)(=O)=O)c1. The van der Waals surface area contributed by atoms with Gasteiger partial charge in [-0.1, -0.05) is 6.07 Å². The first kappa shape index (κ1) is 25.1. The molecule has 1 aromatic heterocycles. The minimum atomic E-state index is -3.93.